The molecule has 2 unspecified atom stereocenters. The quantitative estimate of drug-likeness (QED) is 0.891. The first-order valence-electron chi connectivity index (χ1n) is 7.26. The molecule has 0 spiro atoms. The second-order valence-electron chi connectivity index (χ2n) is 5.46. The number of aliphatic hydroxyl groups is 1. The average Bonchev–Trinajstić information content (AvgIpc) is 3.11. The largest absolute Gasteiger partial charge is 0.394 e. The Balaban J connectivity index is 2.01. The number of nitrogens with zero attached hydrogens (tertiary/aromatic N) is 5. The molecule has 0 aromatic carbocycles. The number of carbonyl (C=O) groups is 1. The molecule has 1 aliphatic heterocycles. The summed E-state index contributed by atoms with van der Waals surface area (Å²) in [7, 11) is 0. The SMILES string of the molecule is CCc1c(C(=O)N2CCC(C)C2CO)cnc2ncnn12. The molecule has 7 nitrogen and oxygen atoms in total. The van der Waals surface area contributed by atoms with E-state index in [9.17, 15) is 9.90 Å². The number of carbonyl (C=O) groups excluding carboxylic acids is 1. The lowest BCUT2D eigenvalue weighted by molar-refractivity contribution is 0.0646. The van der Waals surface area contributed by atoms with E-state index in [0.717, 1.165) is 12.1 Å². The van der Waals surface area contributed by atoms with Gasteiger partial charge in [-0.1, -0.05) is 13.8 Å². The van der Waals surface area contributed by atoms with Crippen LogP contribution in [0.25, 0.3) is 5.78 Å². The maximum absolute atomic E-state index is 12.8. The van der Waals surface area contributed by atoms with Crippen molar-refractivity contribution in [2.24, 2.45) is 5.92 Å². The van der Waals surface area contributed by atoms with Gasteiger partial charge in [-0.3, -0.25) is 4.79 Å². The first kappa shape index (κ1) is 13.9. The van der Waals surface area contributed by atoms with Gasteiger partial charge in [0.05, 0.1) is 23.9 Å². The van der Waals surface area contributed by atoms with E-state index in [4.69, 9.17) is 0 Å². The van der Waals surface area contributed by atoms with Crippen LogP contribution in [0.3, 0.4) is 0 Å². The van der Waals surface area contributed by atoms with Crippen molar-refractivity contribution in [3.63, 3.8) is 0 Å². The van der Waals surface area contributed by atoms with Crippen molar-refractivity contribution in [3.05, 3.63) is 23.8 Å². The second kappa shape index (κ2) is 5.40. The zero-order valence-electron chi connectivity index (χ0n) is 12.2. The molecule has 0 radical (unpaired) electrons. The molecule has 1 fully saturated rings. The van der Waals surface area contributed by atoms with E-state index in [1.165, 1.54) is 6.33 Å². The fourth-order valence-electron chi connectivity index (χ4n) is 3.04. The maximum atomic E-state index is 12.8. The van der Waals surface area contributed by atoms with E-state index in [-0.39, 0.29) is 18.6 Å². The van der Waals surface area contributed by atoms with Crippen molar-refractivity contribution in [1.82, 2.24) is 24.5 Å². The smallest absolute Gasteiger partial charge is 0.257 e. The zero-order chi connectivity index (χ0) is 15.0. The molecule has 1 aliphatic rings. The molecule has 1 saturated heterocycles. The molecular formula is C14H19N5O2. The molecule has 0 aliphatic carbocycles. The van der Waals surface area contributed by atoms with Gasteiger partial charge in [-0.25, -0.2) is 9.50 Å². The topological polar surface area (TPSA) is 83.6 Å². The summed E-state index contributed by atoms with van der Waals surface area (Å²) in [5.74, 6) is 0.726. The average molecular weight is 289 g/mol. The minimum absolute atomic E-state index is 0.00658. The third-order valence-electron chi connectivity index (χ3n) is 4.30. The van der Waals surface area contributed by atoms with Gasteiger partial charge in [0.1, 0.15) is 6.33 Å². The second-order valence-corrected chi connectivity index (χ2v) is 5.46. The molecule has 2 aromatic heterocycles. The van der Waals surface area contributed by atoms with E-state index in [1.54, 1.807) is 15.6 Å². The van der Waals surface area contributed by atoms with Crippen molar-refractivity contribution in [1.29, 1.82) is 0 Å². The number of aromatic nitrogens is 4. The van der Waals surface area contributed by atoms with E-state index < -0.39 is 0 Å². The van der Waals surface area contributed by atoms with Crippen molar-refractivity contribution >= 4 is 11.7 Å². The Bertz CT molecular complexity index is 668. The fourth-order valence-corrected chi connectivity index (χ4v) is 3.04. The number of aliphatic hydroxyl groups excluding tert-OH is 1. The Morgan fingerprint density at radius 1 is 1.48 bits per heavy atom. The summed E-state index contributed by atoms with van der Waals surface area (Å²) in [6, 6.07) is -0.117. The number of hydrogen-bond donors (Lipinski definition) is 1. The molecule has 7 heteroatoms. The summed E-state index contributed by atoms with van der Waals surface area (Å²) in [6.07, 6.45) is 4.58. The summed E-state index contributed by atoms with van der Waals surface area (Å²) < 4.78 is 1.61. The molecule has 2 aromatic rings. The Hall–Kier alpha value is -2.02. The molecule has 3 rings (SSSR count). The highest BCUT2D eigenvalue weighted by atomic mass is 16.3. The molecule has 2 atom stereocenters. The number of aryl methyl sites for hydroxylation is 1. The van der Waals surface area contributed by atoms with Gasteiger partial charge >= 0.3 is 0 Å². The van der Waals surface area contributed by atoms with Crippen LogP contribution in [0.4, 0.5) is 0 Å². The molecule has 1 amide bonds. The van der Waals surface area contributed by atoms with Gasteiger partial charge in [-0.05, 0) is 18.8 Å². The monoisotopic (exact) mass is 289 g/mol. The van der Waals surface area contributed by atoms with Crippen molar-refractivity contribution in [2.45, 2.75) is 32.7 Å². The molecular weight excluding hydrogens is 270 g/mol. The highest BCUT2D eigenvalue weighted by Crippen LogP contribution is 2.26. The zero-order valence-corrected chi connectivity index (χ0v) is 12.2. The van der Waals surface area contributed by atoms with Gasteiger partial charge in [0.2, 0.25) is 0 Å². The Morgan fingerprint density at radius 2 is 2.29 bits per heavy atom. The number of fused-ring (bicyclic) bond motifs is 1. The third-order valence-corrected chi connectivity index (χ3v) is 4.30. The van der Waals surface area contributed by atoms with Crippen molar-refractivity contribution in [3.8, 4) is 0 Å². The lowest BCUT2D eigenvalue weighted by Gasteiger charge is -2.25. The third kappa shape index (κ3) is 2.17. The predicted octanol–water partition coefficient (Wildman–Crippen LogP) is 0.530. The summed E-state index contributed by atoms with van der Waals surface area (Å²) in [5, 5.41) is 13.7. The van der Waals surface area contributed by atoms with E-state index >= 15 is 0 Å². The van der Waals surface area contributed by atoms with Crippen LogP contribution < -0.4 is 0 Å². The molecule has 21 heavy (non-hydrogen) atoms. The van der Waals surface area contributed by atoms with Gasteiger partial charge < -0.3 is 10.0 Å². The highest BCUT2D eigenvalue weighted by Gasteiger charge is 2.35. The van der Waals surface area contributed by atoms with Gasteiger partial charge in [-0.15, -0.1) is 0 Å². The van der Waals surface area contributed by atoms with Crippen LogP contribution in [0, 0.1) is 5.92 Å². The lowest BCUT2D eigenvalue weighted by atomic mass is 10.0. The van der Waals surface area contributed by atoms with Crippen LogP contribution >= 0.6 is 0 Å². The Labute approximate surface area is 122 Å². The minimum atomic E-state index is -0.117. The van der Waals surface area contributed by atoms with Crippen LogP contribution in [-0.2, 0) is 6.42 Å². The number of amides is 1. The van der Waals surface area contributed by atoms with Crippen LogP contribution in [0.15, 0.2) is 12.5 Å². The number of rotatable bonds is 3. The van der Waals surface area contributed by atoms with Crippen molar-refractivity contribution < 1.29 is 9.90 Å². The van der Waals surface area contributed by atoms with Crippen LogP contribution in [-0.4, -0.2) is 54.7 Å². The normalized spacial score (nSPS) is 22.1. The molecule has 0 saturated carbocycles. The summed E-state index contributed by atoms with van der Waals surface area (Å²) in [4.78, 5) is 22.8. The number of likely N-dealkylation sites (tertiary alicyclic amines) is 1. The molecule has 0 bridgehead atoms. The standard InChI is InChI=1S/C14H19N5O2/c1-3-11-10(6-15-14-16-8-17-19(11)14)13(21)18-5-4-9(2)12(18)7-20/h6,8-9,12,20H,3-5,7H2,1-2H3. The molecule has 112 valence electrons. The highest BCUT2D eigenvalue weighted by molar-refractivity contribution is 5.95. The van der Waals surface area contributed by atoms with Crippen LogP contribution in [0.2, 0.25) is 0 Å². The van der Waals surface area contributed by atoms with Gasteiger partial charge in [0.15, 0.2) is 0 Å². The van der Waals surface area contributed by atoms with E-state index in [0.29, 0.717) is 30.2 Å². The van der Waals surface area contributed by atoms with Crippen molar-refractivity contribution in [2.75, 3.05) is 13.2 Å². The maximum Gasteiger partial charge on any atom is 0.257 e. The lowest BCUT2D eigenvalue weighted by Crippen LogP contribution is -2.40. The minimum Gasteiger partial charge on any atom is -0.394 e. The van der Waals surface area contributed by atoms with Gasteiger partial charge in [-0.2, -0.15) is 10.1 Å². The molecule has 1 N–H and O–H groups in total. The van der Waals surface area contributed by atoms with Crippen LogP contribution in [0.5, 0.6) is 0 Å². The number of hydrogen-bond acceptors (Lipinski definition) is 5. The predicted molar refractivity (Wildman–Crippen MR) is 75.9 cm³/mol. The van der Waals surface area contributed by atoms with E-state index in [2.05, 4.69) is 22.0 Å². The summed E-state index contributed by atoms with van der Waals surface area (Å²) in [6.45, 7) is 4.70. The first-order valence-corrected chi connectivity index (χ1v) is 7.26. The Kier molecular flexibility index (Phi) is 3.59. The van der Waals surface area contributed by atoms with E-state index in [1.807, 2.05) is 6.92 Å². The first-order chi connectivity index (χ1) is 10.2. The fraction of sp³-hybridized carbons (Fsp3) is 0.571. The van der Waals surface area contributed by atoms with Crippen LogP contribution in [0.1, 0.15) is 36.3 Å². The summed E-state index contributed by atoms with van der Waals surface area (Å²) in [5.41, 5.74) is 1.35. The Morgan fingerprint density at radius 3 is 3.00 bits per heavy atom. The summed E-state index contributed by atoms with van der Waals surface area (Å²) >= 11 is 0. The van der Waals surface area contributed by atoms with Gasteiger partial charge in [0.25, 0.3) is 11.7 Å². The van der Waals surface area contributed by atoms with Gasteiger partial charge in [0, 0.05) is 12.7 Å². The molecule has 3 heterocycles.